The number of hydrogen-bond acceptors (Lipinski definition) is 4. The van der Waals surface area contributed by atoms with Crippen molar-refractivity contribution in [1.82, 2.24) is 5.32 Å². The molecule has 0 saturated heterocycles. The summed E-state index contributed by atoms with van der Waals surface area (Å²) in [5, 5.41) is 4.65. The summed E-state index contributed by atoms with van der Waals surface area (Å²) in [7, 11) is 0. The Morgan fingerprint density at radius 3 is 1.00 bits per heavy atom. The Morgan fingerprint density at radius 2 is 0.842 bits per heavy atom. The van der Waals surface area contributed by atoms with Crippen molar-refractivity contribution in [3.8, 4) is 0 Å². The maximum atomic E-state index is 5.72. The summed E-state index contributed by atoms with van der Waals surface area (Å²) in [6, 6.07) is 0. The first-order chi connectivity index (χ1) is 9.07. The Hall–Kier alpha value is -0.200. The Morgan fingerprint density at radius 1 is 0.579 bits per heavy atom. The molecule has 0 saturated carbocycles. The second-order valence-electron chi connectivity index (χ2n) is 3.98. The minimum atomic E-state index is -0.996. The molecule has 1 radical (unpaired) electrons. The molecule has 0 atom stereocenters. The normalized spacial score (nSPS) is 12.9. The highest BCUT2D eigenvalue weighted by Crippen LogP contribution is 2.26. The second kappa shape index (κ2) is 9.66. The number of nitrogens with zero attached hydrogens (tertiary/aromatic N) is 1. The van der Waals surface area contributed by atoms with E-state index >= 15 is 0 Å². The molecule has 0 aliphatic carbocycles. The fraction of sp³-hybridized carbons (Fsp3) is 1.00. The number of ether oxygens (including phenoxy) is 4. The van der Waals surface area contributed by atoms with Crippen LogP contribution in [0.25, 0.3) is 0 Å². The van der Waals surface area contributed by atoms with Gasteiger partial charge in [0.1, 0.15) is 0 Å². The highest BCUT2D eigenvalue weighted by atomic mass is 16.8. The van der Waals surface area contributed by atoms with Crippen LogP contribution in [0.15, 0.2) is 0 Å². The van der Waals surface area contributed by atoms with Gasteiger partial charge in [0.15, 0.2) is 0 Å². The third-order valence-corrected chi connectivity index (χ3v) is 2.71. The monoisotopic (exact) mass is 276 g/mol. The van der Waals surface area contributed by atoms with E-state index in [1.165, 1.54) is 0 Å². The predicted molar refractivity (Wildman–Crippen MR) is 74.7 cm³/mol. The molecule has 5 heteroatoms. The van der Waals surface area contributed by atoms with Gasteiger partial charge in [-0.2, -0.15) is 0 Å². The third kappa shape index (κ3) is 5.75. The zero-order valence-electron chi connectivity index (χ0n) is 13.3. The zero-order chi connectivity index (χ0) is 14.8. The van der Waals surface area contributed by atoms with Crippen molar-refractivity contribution < 1.29 is 18.9 Å². The van der Waals surface area contributed by atoms with E-state index in [-0.39, 0.29) is 0 Å². The first kappa shape index (κ1) is 18.8. The van der Waals surface area contributed by atoms with Crippen molar-refractivity contribution in [1.29, 1.82) is 0 Å². The molecule has 5 nitrogen and oxygen atoms in total. The molecule has 0 aromatic carbocycles. The fourth-order valence-electron chi connectivity index (χ4n) is 1.94. The lowest BCUT2D eigenvalue weighted by Crippen LogP contribution is -2.58. The largest absolute Gasteiger partial charge is 0.336 e. The molecule has 0 rings (SSSR count). The SMILES string of the molecule is CCOC(CC)([N]C(CC)(OCC)OCC)OCC. The van der Waals surface area contributed by atoms with Crippen molar-refractivity contribution in [3.05, 3.63) is 0 Å². The molecule has 0 fully saturated rings. The molecular formula is C14H30NO4. The number of rotatable bonds is 12. The highest BCUT2D eigenvalue weighted by Gasteiger charge is 2.43. The van der Waals surface area contributed by atoms with Gasteiger partial charge >= 0.3 is 0 Å². The van der Waals surface area contributed by atoms with E-state index in [1.807, 2.05) is 41.5 Å². The van der Waals surface area contributed by atoms with Crippen molar-refractivity contribution in [2.24, 2.45) is 0 Å². The van der Waals surface area contributed by atoms with Crippen LogP contribution in [0.5, 0.6) is 0 Å². The first-order valence-electron chi connectivity index (χ1n) is 7.37. The van der Waals surface area contributed by atoms with Crippen LogP contribution in [-0.2, 0) is 18.9 Å². The van der Waals surface area contributed by atoms with Crippen LogP contribution in [0.1, 0.15) is 54.4 Å². The van der Waals surface area contributed by atoms with Crippen molar-refractivity contribution in [3.63, 3.8) is 0 Å². The minimum Gasteiger partial charge on any atom is -0.336 e. The van der Waals surface area contributed by atoms with Gasteiger partial charge in [0.2, 0.25) is 11.8 Å². The molecule has 0 spiro atoms. The summed E-state index contributed by atoms with van der Waals surface area (Å²) in [5.74, 6) is -1.99. The van der Waals surface area contributed by atoms with Gasteiger partial charge in [0, 0.05) is 39.3 Å². The smallest absolute Gasteiger partial charge is 0.247 e. The molecule has 0 bridgehead atoms. The van der Waals surface area contributed by atoms with Crippen LogP contribution >= 0.6 is 0 Å². The standard InChI is InChI=1S/C14H30NO4/c1-7-13(16-9-3,17-10-4)15-14(8-2,18-11-5)19-12-6/h7-12H2,1-6H3. The van der Waals surface area contributed by atoms with Crippen LogP contribution in [0.4, 0.5) is 0 Å². The average molecular weight is 276 g/mol. The summed E-state index contributed by atoms with van der Waals surface area (Å²) in [6.07, 6.45) is 1.22. The Labute approximate surface area is 117 Å². The maximum absolute atomic E-state index is 5.72. The predicted octanol–water partition coefficient (Wildman–Crippen LogP) is 2.86. The van der Waals surface area contributed by atoms with E-state index in [4.69, 9.17) is 18.9 Å². The molecule has 115 valence electrons. The third-order valence-electron chi connectivity index (χ3n) is 2.71. The van der Waals surface area contributed by atoms with Crippen LogP contribution in [0, 0.1) is 0 Å². The Bertz CT molecular complexity index is 189. The number of hydrogen-bond donors (Lipinski definition) is 0. The molecule has 0 aliphatic heterocycles. The molecule has 0 aromatic rings. The minimum absolute atomic E-state index is 0.523. The van der Waals surface area contributed by atoms with E-state index in [0.717, 1.165) is 0 Å². The van der Waals surface area contributed by atoms with Gasteiger partial charge < -0.3 is 18.9 Å². The summed E-state index contributed by atoms with van der Waals surface area (Å²) in [6.45, 7) is 13.7. The van der Waals surface area contributed by atoms with Crippen LogP contribution in [0.3, 0.4) is 0 Å². The van der Waals surface area contributed by atoms with E-state index < -0.39 is 11.8 Å². The van der Waals surface area contributed by atoms with Gasteiger partial charge in [0.05, 0.1) is 0 Å². The average Bonchev–Trinajstić information content (AvgIpc) is 2.39. The summed E-state index contributed by atoms with van der Waals surface area (Å²) < 4.78 is 22.9. The topological polar surface area (TPSA) is 51.0 Å². The van der Waals surface area contributed by atoms with Gasteiger partial charge in [-0.15, -0.1) is 5.32 Å². The van der Waals surface area contributed by atoms with E-state index in [2.05, 4.69) is 5.32 Å². The van der Waals surface area contributed by atoms with Crippen LogP contribution in [0.2, 0.25) is 0 Å². The molecule has 0 aliphatic rings. The molecule has 0 aromatic heterocycles. The molecule has 19 heavy (non-hydrogen) atoms. The Kier molecular flexibility index (Phi) is 9.56. The van der Waals surface area contributed by atoms with Crippen LogP contribution < -0.4 is 5.32 Å². The summed E-state index contributed by atoms with van der Waals surface area (Å²) >= 11 is 0. The molecular weight excluding hydrogens is 246 g/mol. The van der Waals surface area contributed by atoms with E-state index in [9.17, 15) is 0 Å². The second-order valence-corrected chi connectivity index (χ2v) is 3.98. The fourth-order valence-corrected chi connectivity index (χ4v) is 1.94. The van der Waals surface area contributed by atoms with Gasteiger partial charge in [-0.25, -0.2) is 0 Å². The van der Waals surface area contributed by atoms with Gasteiger partial charge in [-0.3, -0.25) is 0 Å². The van der Waals surface area contributed by atoms with Crippen molar-refractivity contribution in [2.75, 3.05) is 26.4 Å². The highest BCUT2D eigenvalue weighted by molar-refractivity contribution is 4.74. The Balaban J connectivity index is 5.08. The zero-order valence-corrected chi connectivity index (χ0v) is 13.3. The summed E-state index contributed by atoms with van der Waals surface area (Å²) in [5.41, 5.74) is 0. The van der Waals surface area contributed by atoms with E-state index in [0.29, 0.717) is 39.3 Å². The van der Waals surface area contributed by atoms with Crippen molar-refractivity contribution >= 4 is 0 Å². The van der Waals surface area contributed by atoms with Gasteiger partial charge in [-0.05, 0) is 27.7 Å². The maximum Gasteiger partial charge on any atom is 0.247 e. The lowest BCUT2D eigenvalue weighted by molar-refractivity contribution is -0.345. The van der Waals surface area contributed by atoms with Crippen molar-refractivity contribution in [2.45, 2.75) is 66.2 Å². The summed E-state index contributed by atoms with van der Waals surface area (Å²) in [4.78, 5) is 0. The quantitative estimate of drug-likeness (QED) is 0.514. The molecule has 0 N–H and O–H groups in total. The van der Waals surface area contributed by atoms with Gasteiger partial charge in [-0.1, -0.05) is 13.8 Å². The van der Waals surface area contributed by atoms with Gasteiger partial charge in [0.25, 0.3) is 0 Å². The first-order valence-corrected chi connectivity index (χ1v) is 7.37. The van der Waals surface area contributed by atoms with E-state index in [1.54, 1.807) is 0 Å². The lowest BCUT2D eigenvalue weighted by Gasteiger charge is -2.40. The molecule has 0 heterocycles. The molecule has 0 unspecified atom stereocenters. The molecule has 0 amide bonds. The lowest BCUT2D eigenvalue weighted by atomic mass is 10.2. The van der Waals surface area contributed by atoms with Crippen LogP contribution in [-0.4, -0.2) is 38.2 Å².